The van der Waals surface area contributed by atoms with Gasteiger partial charge in [-0.1, -0.05) is 25.4 Å². The van der Waals surface area contributed by atoms with E-state index < -0.39 is 10.0 Å². The molecule has 2 aromatic carbocycles. The van der Waals surface area contributed by atoms with E-state index in [2.05, 4.69) is 9.71 Å². The van der Waals surface area contributed by atoms with Crippen LogP contribution in [0.5, 0.6) is 17.2 Å². The van der Waals surface area contributed by atoms with Crippen molar-refractivity contribution >= 4 is 38.3 Å². The monoisotopic (exact) mass is 519 g/mol. The highest BCUT2D eigenvalue weighted by molar-refractivity contribution is 7.92. The molecule has 0 unspecified atom stereocenters. The molecule has 0 bridgehead atoms. The zero-order valence-corrected chi connectivity index (χ0v) is 21.5. The summed E-state index contributed by atoms with van der Waals surface area (Å²) in [7, 11) is 0.875. The number of ether oxygens (including phenoxy) is 2. The topological polar surface area (TPSA) is 109 Å². The first kappa shape index (κ1) is 24.7. The smallest absolute Gasteiger partial charge is 0.328 e. The molecule has 0 aliphatic heterocycles. The lowest BCUT2D eigenvalue weighted by Crippen LogP contribution is -2.19. The lowest BCUT2D eigenvalue weighted by molar-refractivity contribution is 0.270. The summed E-state index contributed by atoms with van der Waals surface area (Å²) in [5.74, 6) is 1.35. The normalized spacial score (nSPS) is 11.9. The van der Waals surface area contributed by atoms with Crippen molar-refractivity contribution in [3.05, 3.63) is 58.4 Å². The molecule has 10 nitrogen and oxygen atoms in total. The van der Waals surface area contributed by atoms with Crippen molar-refractivity contribution in [1.82, 2.24) is 18.7 Å². The summed E-state index contributed by atoms with van der Waals surface area (Å²) in [5, 5.41) is 0.241. The first-order valence-corrected chi connectivity index (χ1v) is 12.6. The largest absolute Gasteiger partial charge is 0.493 e. The van der Waals surface area contributed by atoms with Crippen molar-refractivity contribution in [1.29, 1.82) is 0 Å². The van der Waals surface area contributed by atoms with E-state index >= 15 is 0 Å². The number of benzene rings is 2. The fourth-order valence-corrected chi connectivity index (χ4v) is 4.74. The van der Waals surface area contributed by atoms with E-state index in [1.807, 2.05) is 13.8 Å². The third kappa shape index (κ3) is 5.15. The Kier molecular flexibility index (Phi) is 6.56. The van der Waals surface area contributed by atoms with Gasteiger partial charge in [0.15, 0.2) is 10.8 Å². The van der Waals surface area contributed by atoms with Gasteiger partial charge in [0.25, 0.3) is 10.0 Å². The van der Waals surface area contributed by atoms with E-state index in [-0.39, 0.29) is 22.2 Å². The van der Waals surface area contributed by atoms with Crippen molar-refractivity contribution in [2.24, 2.45) is 27.1 Å². The molecule has 0 saturated carbocycles. The second kappa shape index (κ2) is 9.31. The summed E-state index contributed by atoms with van der Waals surface area (Å²) < 4.78 is 44.8. The Balaban J connectivity index is 1.80. The molecule has 0 spiro atoms. The van der Waals surface area contributed by atoms with E-state index in [4.69, 9.17) is 21.1 Å². The third-order valence-corrected chi connectivity index (χ3v) is 6.70. The van der Waals surface area contributed by atoms with Crippen LogP contribution in [0.25, 0.3) is 11.0 Å². The molecule has 35 heavy (non-hydrogen) atoms. The fourth-order valence-electron chi connectivity index (χ4n) is 3.48. The lowest BCUT2D eigenvalue weighted by Gasteiger charge is -2.15. The van der Waals surface area contributed by atoms with Gasteiger partial charge in [-0.3, -0.25) is 13.9 Å². The highest BCUT2D eigenvalue weighted by Gasteiger charge is 2.22. The number of rotatable bonds is 8. The van der Waals surface area contributed by atoms with E-state index in [1.165, 1.54) is 26.2 Å². The predicted molar refractivity (Wildman–Crippen MR) is 134 cm³/mol. The van der Waals surface area contributed by atoms with Gasteiger partial charge in [0.05, 0.1) is 29.7 Å². The van der Waals surface area contributed by atoms with Gasteiger partial charge in [0, 0.05) is 44.5 Å². The first-order chi connectivity index (χ1) is 16.4. The highest BCUT2D eigenvalue weighted by atomic mass is 35.5. The quantitative estimate of drug-likeness (QED) is 0.378. The van der Waals surface area contributed by atoms with Crippen molar-refractivity contribution in [2.45, 2.75) is 18.9 Å². The molecule has 4 rings (SSSR count). The van der Waals surface area contributed by atoms with Gasteiger partial charge in [0.2, 0.25) is 0 Å². The van der Waals surface area contributed by atoms with Gasteiger partial charge in [-0.15, -0.1) is 0 Å². The molecule has 0 radical (unpaired) electrons. The lowest BCUT2D eigenvalue weighted by atomic mass is 10.2. The number of nitrogens with one attached hydrogen (secondary N) is 1. The molecule has 1 N–H and O–H groups in total. The molecule has 0 saturated heterocycles. The van der Waals surface area contributed by atoms with Crippen molar-refractivity contribution in [3.63, 3.8) is 0 Å². The van der Waals surface area contributed by atoms with Crippen LogP contribution in [0.2, 0.25) is 5.02 Å². The van der Waals surface area contributed by atoms with Crippen LogP contribution in [0.15, 0.2) is 52.7 Å². The summed E-state index contributed by atoms with van der Waals surface area (Å²) in [6.45, 7) is 4.55. The van der Waals surface area contributed by atoms with Crippen molar-refractivity contribution in [3.8, 4) is 17.2 Å². The zero-order chi connectivity index (χ0) is 25.5. The molecule has 186 valence electrons. The summed E-state index contributed by atoms with van der Waals surface area (Å²) in [4.78, 5) is 16.4. The third-order valence-electron chi connectivity index (χ3n) is 5.23. The first-order valence-electron chi connectivity index (χ1n) is 10.8. The second-order valence-corrected chi connectivity index (χ2v) is 10.7. The molecule has 12 heteroatoms. The maximum Gasteiger partial charge on any atom is 0.328 e. The highest BCUT2D eigenvalue weighted by Crippen LogP contribution is 2.37. The van der Waals surface area contributed by atoms with Gasteiger partial charge in [0.1, 0.15) is 11.5 Å². The van der Waals surface area contributed by atoms with Crippen LogP contribution >= 0.6 is 11.6 Å². The Morgan fingerprint density at radius 2 is 1.69 bits per heavy atom. The Hall–Kier alpha value is -3.44. The maximum absolute atomic E-state index is 13.0. The Morgan fingerprint density at radius 1 is 1.03 bits per heavy atom. The summed E-state index contributed by atoms with van der Waals surface area (Å²) in [6, 6.07) is 8.08. The van der Waals surface area contributed by atoms with Crippen LogP contribution in [0.1, 0.15) is 13.8 Å². The number of fused-ring (bicyclic) bond motifs is 1. The summed E-state index contributed by atoms with van der Waals surface area (Å²) in [6.07, 6.45) is 2.77. The fraction of sp³-hybridized carbons (Fsp3) is 0.304. The molecule has 0 atom stereocenters. The van der Waals surface area contributed by atoms with Gasteiger partial charge in [-0.05, 0) is 24.1 Å². The van der Waals surface area contributed by atoms with Crippen LogP contribution in [0.4, 0.5) is 5.69 Å². The average molecular weight is 520 g/mol. The van der Waals surface area contributed by atoms with Crippen LogP contribution in [0, 0.1) is 5.92 Å². The number of imidazole rings is 2. The molecule has 2 aromatic heterocycles. The van der Waals surface area contributed by atoms with Gasteiger partial charge in [-0.25, -0.2) is 9.78 Å². The van der Waals surface area contributed by atoms with Gasteiger partial charge >= 0.3 is 5.69 Å². The maximum atomic E-state index is 13.0. The molecular formula is C23H26ClN5O5S. The SMILES string of the molecule is CC(C)COc1cc(Cl)cc(Oc2cc3c(cc2NS(=O)(=O)c2cn(C)cn2)n(C)c(=O)n3C)c1. The average Bonchev–Trinajstić information content (AvgIpc) is 3.31. The number of anilines is 1. The number of halogens is 1. The Morgan fingerprint density at radius 3 is 2.31 bits per heavy atom. The summed E-state index contributed by atoms with van der Waals surface area (Å²) >= 11 is 6.27. The minimum absolute atomic E-state index is 0.133. The van der Waals surface area contributed by atoms with Crippen molar-refractivity contribution < 1.29 is 17.9 Å². The molecule has 0 aliphatic carbocycles. The van der Waals surface area contributed by atoms with Crippen molar-refractivity contribution in [2.75, 3.05) is 11.3 Å². The zero-order valence-electron chi connectivity index (χ0n) is 19.9. The molecular weight excluding hydrogens is 494 g/mol. The standard InChI is InChI=1S/C23H26ClN5O5S/c1-14(2)12-33-16-6-15(24)7-17(8-16)34-21-10-20-19(28(4)23(30)29(20)5)9-18(21)26-35(31,32)22-11-27(3)13-25-22/h6-11,13-14,26H,12H2,1-5H3. The van der Waals surface area contributed by atoms with Gasteiger partial charge < -0.3 is 14.0 Å². The van der Waals surface area contributed by atoms with Crippen LogP contribution in [-0.4, -0.2) is 33.7 Å². The van der Waals surface area contributed by atoms with E-state index in [1.54, 1.807) is 51.5 Å². The minimum atomic E-state index is -4.03. The van der Waals surface area contributed by atoms with E-state index in [9.17, 15) is 13.2 Å². The Bertz CT molecular complexity index is 1570. The predicted octanol–water partition coefficient (Wildman–Crippen LogP) is 3.89. The number of nitrogens with zero attached hydrogens (tertiary/aromatic N) is 4. The van der Waals surface area contributed by atoms with Crippen LogP contribution in [-0.2, 0) is 31.2 Å². The minimum Gasteiger partial charge on any atom is -0.493 e. The number of aryl methyl sites for hydroxylation is 3. The number of sulfonamides is 1. The molecule has 0 fully saturated rings. The number of hydrogen-bond acceptors (Lipinski definition) is 6. The van der Waals surface area contributed by atoms with E-state index in [0.717, 1.165) is 0 Å². The molecule has 4 aromatic rings. The molecule has 0 aliphatic rings. The second-order valence-electron chi connectivity index (χ2n) is 8.65. The van der Waals surface area contributed by atoms with Crippen LogP contribution in [0.3, 0.4) is 0 Å². The Labute approximate surface area is 207 Å². The summed E-state index contributed by atoms with van der Waals surface area (Å²) in [5.41, 5.74) is 0.957. The number of aromatic nitrogens is 4. The van der Waals surface area contributed by atoms with Crippen LogP contribution < -0.4 is 19.9 Å². The van der Waals surface area contributed by atoms with E-state index in [0.29, 0.717) is 40.1 Å². The number of hydrogen-bond donors (Lipinski definition) is 1. The van der Waals surface area contributed by atoms with Gasteiger partial charge in [-0.2, -0.15) is 8.42 Å². The molecule has 0 amide bonds. The molecule has 2 heterocycles.